The summed E-state index contributed by atoms with van der Waals surface area (Å²) >= 11 is 0. The Morgan fingerprint density at radius 2 is 2.08 bits per heavy atom. The molecule has 1 saturated carbocycles. The van der Waals surface area contributed by atoms with Crippen molar-refractivity contribution < 1.29 is 9.84 Å². The molecule has 0 amide bonds. The number of morpholine rings is 1. The Morgan fingerprint density at radius 3 is 2.62 bits per heavy atom. The van der Waals surface area contributed by atoms with Gasteiger partial charge in [0.2, 0.25) is 0 Å². The second-order valence-electron chi connectivity index (χ2n) is 4.20. The fraction of sp³-hybridized carbons (Fsp3) is 1.00. The predicted molar refractivity (Wildman–Crippen MR) is 50.6 cm³/mol. The van der Waals surface area contributed by atoms with Gasteiger partial charge in [0.25, 0.3) is 0 Å². The lowest BCUT2D eigenvalue weighted by Gasteiger charge is -2.32. The summed E-state index contributed by atoms with van der Waals surface area (Å²) in [5, 5.41) is 12.2. The molecule has 1 heterocycles. The Kier molecular flexibility index (Phi) is 3.19. The van der Waals surface area contributed by atoms with Crippen molar-refractivity contribution in [2.45, 2.75) is 37.8 Å². The minimum Gasteiger partial charge on any atom is -0.395 e. The van der Waals surface area contributed by atoms with Gasteiger partial charge in [0.05, 0.1) is 25.4 Å². The molecule has 0 aromatic heterocycles. The first-order chi connectivity index (χ1) is 6.40. The van der Waals surface area contributed by atoms with Crippen LogP contribution in [0.2, 0.25) is 0 Å². The third-order valence-corrected chi connectivity index (χ3v) is 3.27. The van der Waals surface area contributed by atoms with Gasteiger partial charge in [0.1, 0.15) is 0 Å². The van der Waals surface area contributed by atoms with Crippen LogP contribution in [0.15, 0.2) is 0 Å². The lowest BCUT2D eigenvalue weighted by Crippen LogP contribution is -2.50. The number of ether oxygens (including phenoxy) is 1. The summed E-state index contributed by atoms with van der Waals surface area (Å²) < 4.78 is 5.74. The van der Waals surface area contributed by atoms with Gasteiger partial charge in [0, 0.05) is 6.54 Å². The third kappa shape index (κ3) is 2.22. The van der Waals surface area contributed by atoms with Crippen molar-refractivity contribution in [1.82, 2.24) is 5.32 Å². The molecule has 2 unspecified atom stereocenters. The van der Waals surface area contributed by atoms with Crippen LogP contribution in [0, 0.1) is 5.92 Å². The molecular weight excluding hydrogens is 166 g/mol. The van der Waals surface area contributed by atoms with E-state index in [1.54, 1.807) is 0 Å². The van der Waals surface area contributed by atoms with Gasteiger partial charge < -0.3 is 15.2 Å². The van der Waals surface area contributed by atoms with E-state index in [1.165, 1.54) is 25.7 Å². The summed E-state index contributed by atoms with van der Waals surface area (Å²) in [4.78, 5) is 0. The molecule has 0 aromatic rings. The zero-order chi connectivity index (χ0) is 9.10. The minimum atomic E-state index is 0.164. The van der Waals surface area contributed by atoms with E-state index in [9.17, 15) is 0 Å². The molecule has 2 atom stereocenters. The molecule has 2 fully saturated rings. The summed E-state index contributed by atoms with van der Waals surface area (Å²) in [5.74, 6) is 0.771. The molecule has 3 nitrogen and oxygen atoms in total. The Labute approximate surface area is 79.5 Å². The fourth-order valence-corrected chi connectivity index (χ4v) is 2.39. The van der Waals surface area contributed by atoms with Gasteiger partial charge in [-0.25, -0.2) is 0 Å². The molecule has 1 aliphatic carbocycles. The molecule has 2 N–H and O–H groups in total. The number of hydrogen-bond donors (Lipinski definition) is 2. The van der Waals surface area contributed by atoms with Crippen LogP contribution in [0.5, 0.6) is 0 Å². The molecule has 13 heavy (non-hydrogen) atoms. The van der Waals surface area contributed by atoms with Gasteiger partial charge in [-0.05, 0) is 18.8 Å². The first-order valence-corrected chi connectivity index (χ1v) is 5.36. The molecule has 2 aliphatic rings. The number of aliphatic hydroxyl groups excluding tert-OH is 1. The van der Waals surface area contributed by atoms with Gasteiger partial charge in [-0.15, -0.1) is 0 Å². The predicted octanol–water partition coefficient (Wildman–Crippen LogP) is 0.526. The van der Waals surface area contributed by atoms with Gasteiger partial charge in [0.15, 0.2) is 0 Å². The Balaban J connectivity index is 1.77. The van der Waals surface area contributed by atoms with Crippen molar-refractivity contribution >= 4 is 0 Å². The van der Waals surface area contributed by atoms with Crippen molar-refractivity contribution in [3.8, 4) is 0 Å². The lowest BCUT2D eigenvalue weighted by molar-refractivity contribution is -0.0368. The minimum absolute atomic E-state index is 0.164. The molecule has 2 rings (SSSR count). The molecule has 0 bridgehead atoms. The van der Waals surface area contributed by atoms with E-state index < -0.39 is 0 Å². The normalized spacial score (nSPS) is 36.7. The quantitative estimate of drug-likeness (QED) is 0.659. The average Bonchev–Trinajstić information content (AvgIpc) is 2.71. The highest BCUT2D eigenvalue weighted by Crippen LogP contribution is 2.29. The lowest BCUT2D eigenvalue weighted by atomic mass is 9.99. The van der Waals surface area contributed by atoms with E-state index in [1.807, 2.05) is 0 Å². The highest BCUT2D eigenvalue weighted by Gasteiger charge is 2.29. The van der Waals surface area contributed by atoms with E-state index >= 15 is 0 Å². The van der Waals surface area contributed by atoms with Crippen molar-refractivity contribution in [3.63, 3.8) is 0 Å². The van der Waals surface area contributed by atoms with Gasteiger partial charge in [-0.2, -0.15) is 0 Å². The first kappa shape index (κ1) is 9.44. The summed E-state index contributed by atoms with van der Waals surface area (Å²) in [6.45, 7) is 1.80. The zero-order valence-corrected chi connectivity index (χ0v) is 8.04. The van der Waals surface area contributed by atoms with Crippen molar-refractivity contribution in [3.05, 3.63) is 0 Å². The number of aliphatic hydroxyl groups is 1. The van der Waals surface area contributed by atoms with Crippen LogP contribution in [0.4, 0.5) is 0 Å². The summed E-state index contributed by atoms with van der Waals surface area (Å²) in [6, 6.07) is 0.164. The Hall–Kier alpha value is -0.120. The van der Waals surface area contributed by atoms with Crippen LogP contribution in [0.1, 0.15) is 25.7 Å². The number of hydrogen-bond acceptors (Lipinski definition) is 3. The maximum atomic E-state index is 8.90. The second kappa shape index (κ2) is 4.40. The molecule has 76 valence electrons. The monoisotopic (exact) mass is 185 g/mol. The van der Waals surface area contributed by atoms with Crippen LogP contribution in [0.3, 0.4) is 0 Å². The standard InChI is InChI=1S/C10H19NO2/c12-6-9-7-13-10(5-11-9)8-3-1-2-4-8/h8-12H,1-7H2. The molecule has 0 spiro atoms. The fourth-order valence-electron chi connectivity index (χ4n) is 2.39. The van der Waals surface area contributed by atoms with Gasteiger partial charge in [-0.1, -0.05) is 12.8 Å². The van der Waals surface area contributed by atoms with Crippen molar-refractivity contribution in [2.24, 2.45) is 5.92 Å². The van der Waals surface area contributed by atoms with E-state index in [4.69, 9.17) is 9.84 Å². The van der Waals surface area contributed by atoms with Gasteiger partial charge in [-0.3, -0.25) is 0 Å². The highest BCUT2D eigenvalue weighted by molar-refractivity contribution is 4.82. The molecule has 1 aliphatic heterocycles. The van der Waals surface area contributed by atoms with Crippen LogP contribution < -0.4 is 5.32 Å². The maximum absolute atomic E-state index is 8.90. The van der Waals surface area contributed by atoms with Crippen molar-refractivity contribution in [1.29, 1.82) is 0 Å². The molecule has 3 heteroatoms. The first-order valence-electron chi connectivity index (χ1n) is 5.36. The zero-order valence-electron chi connectivity index (χ0n) is 8.04. The smallest absolute Gasteiger partial charge is 0.0728 e. The molecule has 1 saturated heterocycles. The van der Waals surface area contributed by atoms with Gasteiger partial charge >= 0.3 is 0 Å². The topological polar surface area (TPSA) is 41.5 Å². The SMILES string of the molecule is OCC1COC(C2CCCC2)CN1. The largest absolute Gasteiger partial charge is 0.395 e. The summed E-state index contributed by atoms with van der Waals surface area (Å²) in [7, 11) is 0. The van der Waals surface area contributed by atoms with Crippen LogP contribution in [-0.4, -0.2) is 37.0 Å². The van der Waals surface area contributed by atoms with E-state index in [-0.39, 0.29) is 12.6 Å². The number of nitrogens with one attached hydrogen (secondary N) is 1. The van der Waals surface area contributed by atoms with E-state index in [0.29, 0.717) is 12.7 Å². The van der Waals surface area contributed by atoms with E-state index in [0.717, 1.165) is 12.5 Å². The number of rotatable bonds is 2. The maximum Gasteiger partial charge on any atom is 0.0728 e. The summed E-state index contributed by atoms with van der Waals surface area (Å²) in [5.41, 5.74) is 0. The van der Waals surface area contributed by atoms with Crippen LogP contribution >= 0.6 is 0 Å². The van der Waals surface area contributed by atoms with E-state index in [2.05, 4.69) is 5.32 Å². The Bertz CT molecular complexity index is 149. The van der Waals surface area contributed by atoms with Crippen molar-refractivity contribution in [2.75, 3.05) is 19.8 Å². The second-order valence-corrected chi connectivity index (χ2v) is 4.20. The summed E-state index contributed by atoms with van der Waals surface area (Å²) in [6.07, 6.45) is 5.80. The molecule has 0 aromatic carbocycles. The van der Waals surface area contributed by atoms with Crippen LogP contribution in [-0.2, 0) is 4.74 Å². The van der Waals surface area contributed by atoms with Crippen LogP contribution in [0.25, 0.3) is 0 Å². The molecule has 0 radical (unpaired) electrons. The third-order valence-electron chi connectivity index (χ3n) is 3.27. The average molecular weight is 185 g/mol. The Morgan fingerprint density at radius 1 is 1.31 bits per heavy atom. The molecular formula is C10H19NO2. The highest BCUT2D eigenvalue weighted by atomic mass is 16.5.